The highest BCUT2D eigenvalue weighted by molar-refractivity contribution is 4.75. The predicted molar refractivity (Wildman–Crippen MR) is 66.1 cm³/mol. The Morgan fingerprint density at radius 1 is 1.07 bits per heavy atom. The van der Waals surface area contributed by atoms with Crippen LogP contribution in [-0.2, 0) is 0 Å². The van der Waals surface area contributed by atoms with E-state index in [1.807, 2.05) is 0 Å². The summed E-state index contributed by atoms with van der Waals surface area (Å²) in [7, 11) is 0. The summed E-state index contributed by atoms with van der Waals surface area (Å²) >= 11 is 0. The lowest BCUT2D eigenvalue weighted by Crippen LogP contribution is -2.38. The quantitative estimate of drug-likeness (QED) is 0.743. The summed E-state index contributed by atoms with van der Waals surface area (Å²) in [4.78, 5) is 5.17. The largest absolute Gasteiger partial charge is 0.329 e. The van der Waals surface area contributed by atoms with E-state index in [0.29, 0.717) is 0 Å². The average molecular weight is 213 g/mol. The number of nitrogens with two attached hydrogens (primary N) is 1. The SMILES string of the molecule is CCC(CC)N1CCCN(CCN)CC1. The van der Waals surface area contributed by atoms with Gasteiger partial charge in [0.2, 0.25) is 0 Å². The predicted octanol–water partition coefficient (Wildman–Crippen LogP) is 1.14. The first kappa shape index (κ1) is 12.9. The third-order valence-corrected chi connectivity index (χ3v) is 3.53. The van der Waals surface area contributed by atoms with Gasteiger partial charge in [0.05, 0.1) is 0 Å². The number of rotatable bonds is 5. The molecule has 0 aromatic carbocycles. The Hall–Kier alpha value is -0.120. The van der Waals surface area contributed by atoms with Gasteiger partial charge in [0.25, 0.3) is 0 Å². The van der Waals surface area contributed by atoms with Crippen LogP contribution in [-0.4, -0.2) is 55.1 Å². The first-order chi connectivity index (χ1) is 7.31. The molecule has 0 unspecified atom stereocenters. The third kappa shape index (κ3) is 4.09. The standard InChI is InChI=1S/C12H27N3/c1-3-12(4-2)15-8-5-7-14(9-6-13)10-11-15/h12H,3-11,13H2,1-2H3. The number of hydrogen-bond acceptors (Lipinski definition) is 3. The van der Waals surface area contributed by atoms with E-state index in [-0.39, 0.29) is 0 Å². The summed E-state index contributed by atoms with van der Waals surface area (Å²) in [6.07, 6.45) is 3.87. The Balaban J connectivity index is 2.37. The van der Waals surface area contributed by atoms with E-state index in [0.717, 1.165) is 19.1 Å². The van der Waals surface area contributed by atoms with Gasteiger partial charge in [-0.25, -0.2) is 0 Å². The van der Waals surface area contributed by atoms with Crippen LogP contribution in [0.2, 0.25) is 0 Å². The normalized spacial score (nSPS) is 20.8. The molecule has 0 aromatic rings. The molecule has 0 atom stereocenters. The van der Waals surface area contributed by atoms with Crippen LogP contribution in [0.5, 0.6) is 0 Å². The zero-order valence-electron chi connectivity index (χ0n) is 10.4. The molecule has 1 saturated heterocycles. The first-order valence-electron chi connectivity index (χ1n) is 6.48. The molecule has 0 aliphatic carbocycles. The maximum absolute atomic E-state index is 5.60. The summed E-state index contributed by atoms with van der Waals surface area (Å²) < 4.78 is 0. The second-order valence-corrected chi connectivity index (χ2v) is 4.49. The fraction of sp³-hybridized carbons (Fsp3) is 1.00. The van der Waals surface area contributed by atoms with Crippen molar-refractivity contribution in [3.63, 3.8) is 0 Å². The van der Waals surface area contributed by atoms with Crippen LogP contribution >= 0.6 is 0 Å². The molecule has 1 heterocycles. The molecule has 15 heavy (non-hydrogen) atoms. The molecule has 3 heteroatoms. The Morgan fingerprint density at radius 2 is 1.80 bits per heavy atom. The fourth-order valence-corrected chi connectivity index (χ4v) is 2.57. The van der Waals surface area contributed by atoms with Crippen molar-refractivity contribution < 1.29 is 0 Å². The maximum atomic E-state index is 5.60. The zero-order valence-corrected chi connectivity index (χ0v) is 10.4. The van der Waals surface area contributed by atoms with E-state index in [4.69, 9.17) is 5.73 Å². The van der Waals surface area contributed by atoms with E-state index in [1.54, 1.807) is 0 Å². The molecule has 0 bridgehead atoms. The summed E-state index contributed by atoms with van der Waals surface area (Å²) in [6.45, 7) is 11.4. The smallest absolute Gasteiger partial charge is 0.0112 e. The minimum absolute atomic E-state index is 0.794. The highest BCUT2D eigenvalue weighted by atomic mass is 15.2. The molecule has 0 saturated carbocycles. The molecule has 0 radical (unpaired) electrons. The lowest BCUT2D eigenvalue weighted by atomic mass is 10.1. The lowest BCUT2D eigenvalue weighted by Gasteiger charge is -2.29. The van der Waals surface area contributed by atoms with E-state index < -0.39 is 0 Å². The molecule has 3 nitrogen and oxygen atoms in total. The van der Waals surface area contributed by atoms with Crippen molar-refractivity contribution in [3.8, 4) is 0 Å². The van der Waals surface area contributed by atoms with Crippen LogP contribution in [0.15, 0.2) is 0 Å². The molecular weight excluding hydrogens is 186 g/mol. The van der Waals surface area contributed by atoms with Crippen molar-refractivity contribution in [2.45, 2.75) is 39.2 Å². The molecule has 1 aliphatic heterocycles. The van der Waals surface area contributed by atoms with Gasteiger partial charge >= 0.3 is 0 Å². The Morgan fingerprint density at radius 3 is 2.40 bits per heavy atom. The molecule has 90 valence electrons. The van der Waals surface area contributed by atoms with E-state index >= 15 is 0 Å². The van der Waals surface area contributed by atoms with E-state index in [2.05, 4.69) is 23.6 Å². The van der Waals surface area contributed by atoms with Gasteiger partial charge in [0.1, 0.15) is 0 Å². The van der Waals surface area contributed by atoms with Crippen molar-refractivity contribution in [1.29, 1.82) is 0 Å². The highest BCUT2D eigenvalue weighted by Gasteiger charge is 2.18. The van der Waals surface area contributed by atoms with Gasteiger partial charge in [-0.2, -0.15) is 0 Å². The Kier molecular flexibility index (Phi) is 6.22. The molecule has 1 rings (SSSR count). The van der Waals surface area contributed by atoms with Crippen LogP contribution < -0.4 is 5.73 Å². The Bertz CT molecular complexity index is 157. The molecule has 0 amide bonds. The van der Waals surface area contributed by atoms with Crippen LogP contribution in [0, 0.1) is 0 Å². The average Bonchev–Trinajstić information content (AvgIpc) is 2.47. The number of hydrogen-bond donors (Lipinski definition) is 1. The van der Waals surface area contributed by atoms with Gasteiger partial charge in [-0.15, -0.1) is 0 Å². The van der Waals surface area contributed by atoms with Crippen LogP contribution in [0.4, 0.5) is 0 Å². The van der Waals surface area contributed by atoms with Crippen molar-refractivity contribution in [1.82, 2.24) is 9.80 Å². The van der Waals surface area contributed by atoms with Crippen LogP contribution in [0.3, 0.4) is 0 Å². The summed E-state index contributed by atoms with van der Waals surface area (Å²) in [5, 5.41) is 0. The second-order valence-electron chi connectivity index (χ2n) is 4.49. The zero-order chi connectivity index (χ0) is 11.1. The van der Waals surface area contributed by atoms with Gasteiger partial charge < -0.3 is 10.6 Å². The van der Waals surface area contributed by atoms with Crippen molar-refractivity contribution in [2.24, 2.45) is 5.73 Å². The van der Waals surface area contributed by atoms with Gasteiger partial charge in [-0.1, -0.05) is 13.8 Å². The second kappa shape index (κ2) is 7.20. The molecule has 0 aromatic heterocycles. The third-order valence-electron chi connectivity index (χ3n) is 3.53. The maximum Gasteiger partial charge on any atom is 0.0112 e. The minimum Gasteiger partial charge on any atom is -0.329 e. The minimum atomic E-state index is 0.794. The van der Waals surface area contributed by atoms with Crippen LogP contribution in [0.25, 0.3) is 0 Å². The topological polar surface area (TPSA) is 32.5 Å². The summed E-state index contributed by atoms with van der Waals surface area (Å²) in [5.74, 6) is 0. The monoisotopic (exact) mass is 213 g/mol. The molecule has 0 spiro atoms. The van der Waals surface area contributed by atoms with Gasteiger partial charge in [-0.05, 0) is 32.4 Å². The van der Waals surface area contributed by atoms with Gasteiger partial charge in [0, 0.05) is 32.2 Å². The van der Waals surface area contributed by atoms with Crippen LogP contribution in [0.1, 0.15) is 33.1 Å². The molecule has 1 aliphatic rings. The molecule has 1 fully saturated rings. The first-order valence-corrected chi connectivity index (χ1v) is 6.48. The molecule has 2 N–H and O–H groups in total. The van der Waals surface area contributed by atoms with Gasteiger partial charge in [-0.3, -0.25) is 4.90 Å². The molecular formula is C12H27N3. The van der Waals surface area contributed by atoms with Gasteiger partial charge in [0.15, 0.2) is 0 Å². The van der Waals surface area contributed by atoms with Crippen molar-refractivity contribution in [3.05, 3.63) is 0 Å². The van der Waals surface area contributed by atoms with E-state index in [1.165, 1.54) is 45.4 Å². The Labute approximate surface area is 94.6 Å². The van der Waals surface area contributed by atoms with E-state index in [9.17, 15) is 0 Å². The summed E-state index contributed by atoms with van der Waals surface area (Å²) in [5.41, 5.74) is 5.60. The number of nitrogens with zero attached hydrogens (tertiary/aromatic N) is 2. The van der Waals surface area contributed by atoms with Crippen molar-refractivity contribution >= 4 is 0 Å². The summed E-state index contributed by atoms with van der Waals surface area (Å²) in [6, 6.07) is 0.794. The fourth-order valence-electron chi connectivity index (χ4n) is 2.57. The highest BCUT2D eigenvalue weighted by Crippen LogP contribution is 2.12. The lowest BCUT2D eigenvalue weighted by molar-refractivity contribution is 0.188. The van der Waals surface area contributed by atoms with Crippen molar-refractivity contribution in [2.75, 3.05) is 39.3 Å².